The van der Waals surface area contributed by atoms with Gasteiger partial charge < -0.3 is 4.90 Å². The molecule has 0 aromatic carbocycles. The minimum absolute atomic E-state index is 0.00357. The molecule has 0 N–H and O–H groups in total. The zero-order valence-electron chi connectivity index (χ0n) is 9.80. The van der Waals surface area contributed by atoms with Crippen LogP contribution in [0.1, 0.15) is 29.4 Å². The Morgan fingerprint density at radius 1 is 1.53 bits per heavy atom. The van der Waals surface area contributed by atoms with E-state index in [1.807, 2.05) is 13.0 Å². The molecule has 2 rings (SSSR count). The number of carbonyl (C=O) groups is 2. The molecule has 0 unspecified atom stereocenters. The van der Waals surface area contributed by atoms with Crippen LogP contribution in [0.5, 0.6) is 0 Å². The van der Waals surface area contributed by atoms with Crippen LogP contribution in [0.4, 0.5) is 0 Å². The number of hydrogen-bond acceptors (Lipinski definition) is 3. The van der Waals surface area contributed by atoms with Crippen LogP contribution in [0.3, 0.4) is 0 Å². The van der Waals surface area contributed by atoms with Crippen molar-refractivity contribution >= 4 is 12.2 Å². The molecule has 5 heteroatoms. The molecule has 0 spiro atoms. The van der Waals surface area contributed by atoms with E-state index in [0.717, 1.165) is 18.4 Å². The number of aldehydes is 1. The zero-order valence-corrected chi connectivity index (χ0v) is 9.80. The van der Waals surface area contributed by atoms with Gasteiger partial charge in [0.2, 0.25) is 5.91 Å². The summed E-state index contributed by atoms with van der Waals surface area (Å²) in [6.45, 7) is 3.73. The van der Waals surface area contributed by atoms with Gasteiger partial charge in [-0.3, -0.25) is 14.3 Å². The van der Waals surface area contributed by atoms with Crippen LogP contribution in [-0.4, -0.2) is 33.4 Å². The highest BCUT2D eigenvalue weighted by Crippen LogP contribution is 2.15. The predicted octanol–water partition coefficient (Wildman–Crippen LogP) is 1.00. The van der Waals surface area contributed by atoms with Gasteiger partial charge in [-0.05, 0) is 12.5 Å². The van der Waals surface area contributed by atoms with E-state index in [0.29, 0.717) is 25.2 Å². The second kappa shape index (κ2) is 4.95. The molecule has 0 atom stereocenters. The lowest BCUT2D eigenvalue weighted by Crippen LogP contribution is -2.37. The molecule has 5 nitrogen and oxygen atoms in total. The van der Waals surface area contributed by atoms with Gasteiger partial charge in [-0.15, -0.1) is 0 Å². The van der Waals surface area contributed by atoms with Crippen molar-refractivity contribution in [3.63, 3.8) is 0 Å². The van der Waals surface area contributed by atoms with E-state index in [1.165, 1.54) is 0 Å². The molecule has 1 aromatic rings. The van der Waals surface area contributed by atoms with E-state index in [9.17, 15) is 9.59 Å². The standard InChI is InChI=1S/C12H15N3O2/c1-2-3-4-12(17)14-5-6-15-11(8-14)10(9-16)7-13-15/h3-4,7,9H,2,5-6,8H2,1H3/b4-3+. The molecule has 2 heterocycles. The van der Waals surface area contributed by atoms with Gasteiger partial charge >= 0.3 is 0 Å². The second-order valence-electron chi connectivity index (χ2n) is 3.96. The number of allylic oxidation sites excluding steroid dienone is 1. The van der Waals surface area contributed by atoms with Crippen LogP contribution in [-0.2, 0) is 17.9 Å². The van der Waals surface area contributed by atoms with E-state index in [2.05, 4.69) is 5.10 Å². The van der Waals surface area contributed by atoms with Crippen LogP contribution in [0.15, 0.2) is 18.3 Å². The maximum absolute atomic E-state index is 11.8. The van der Waals surface area contributed by atoms with Crippen molar-refractivity contribution in [2.45, 2.75) is 26.4 Å². The average molecular weight is 233 g/mol. The maximum atomic E-state index is 11.8. The Bertz CT molecular complexity index is 462. The summed E-state index contributed by atoms with van der Waals surface area (Å²) in [4.78, 5) is 24.4. The first kappa shape index (κ1) is 11.6. The third kappa shape index (κ3) is 2.27. The molecule has 1 aliphatic heterocycles. The molecular formula is C12H15N3O2. The number of nitrogens with zero attached hydrogens (tertiary/aromatic N) is 3. The molecule has 0 fully saturated rings. The largest absolute Gasteiger partial charge is 0.331 e. The number of amides is 1. The summed E-state index contributed by atoms with van der Waals surface area (Å²) < 4.78 is 1.79. The Morgan fingerprint density at radius 2 is 2.35 bits per heavy atom. The molecule has 1 aromatic heterocycles. The fourth-order valence-electron chi connectivity index (χ4n) is 1.88. The quantitative estimate of drug-likeness (QED) is 0.578. The minimum Gasteiger partial charge on any atom is -0.331 e. The first-order valence-corrected chi connectivity index (χ1v) is 5.71. The highest BCUT2D eigenvalue weighted by Gasteiger charge is 2.22. The molecule has 0 bridgehead atoms. The van der Waals surface area contributed by atoms with Gasteiger partial charge in [0, 0.05) is 6.54 Å². The molecule has 1 aliphatic rings. The van der Waals surface area contributed by atoms with Gasteiger partial charge in [0.25, 0.3) is 0 Å². The van der Waals surface area contributed by atoms with Gasteiger partial charge in [-0.1, -0.05) is 13.0 Å². The minimum atomic E-state index is -0.00357. The lowest BCUT2D eigenvalue weighted by Gasteiger charge is -2.27. The normalized spacial score (nSPS) is 15.0. The third-order valence-electron chi connectivity index (χ3n) is 2.84. The Labute approximate surface area is 99.7 Å². The third-order valence-corrected chi connectivity index (χ3v) is 2.84. The van der Waals surface area contributed by atoms with Gasteiger partial charge in [-0.2, -0.15) is 5.10 Å². The average Bonchev–Trinajstić information content (AvgIpc) is 2.77. The number of hydrogen-bond donors (Lipinski definition) is 0. The van der Waals surface area contributed by atoms with E-state index in [-0.39, 0.29) is 5.91 Å². The summed E-state index contributed by atoms with van der Waals surface area (Å²) >= 11 is 0. The fraction of sp³-hybridized carbons (Fsp3) is 0.417. The van der Waals surface area contributed by atoms with Crippen LogP contribution in [0, 0.1) is 0 Å². The predicted molar refractivity (Wildman–Crippen MR) is 62.5 cm³/mol. The number of aromatic nitrogens is 2. The first-order valence-electron chi connectivity index (χ1n) is 5.71. The molecule has 17 heavy (non-hydrogen) atoms. The van der Waals surface area contributed by atoms with Crippen LogP contribution >= 0.6 is 0 Å². The highest BCUT2D eigenvalue weighted by atomic mass is 16.2. The molecule has 1 amide bonds. The summed E-state index contributed by atoms with van der Waals surface area (Å²) in [5.74, 6) is -0.00357. The van der Waals surface area contributed by atoms with Gasteiger partial charge in [0.15, 0.2) is 6.29 Å². The maximum Gasteiger partial charge on any atom is 0.246 e. The van der Waals surface area contributed by atoms with Crippen LogP contribution < -0.4 is 0 Å². The molecule has 90 valence electrons. The Morgan fingerprint density at radius 3 is 3.06 bits per heavy atom. The number of rotatable bonds is 3. The van der Waals surface area contributed by atoms with Crippen LogP contribution in [0.25, 0.3) is 0 Å². The van der Waals surface area contributed by atoms with Crippen molar-refractivity contribution in [3.05, 3.63) is 29.6 Å². The SMILES string of the molecule is CC/C=C/C(=O)N1CCn2ncc(C=O)c2C1. The second-order valence-corrected chi connectivity index (χ2v) is 3.96. The van der Waals surface area contributed by atoms with Crippen molar-refractivity contribution in [2.24, 2.45) is 0 Å². The molecule has 0 saturated heterocycles. The Balaban J connectivity index is 2.14. The van der Waals surface area contributed by atoms with Gasteiger partial charge in [0.1, 0.15) is 0 Å². The molecule has 0 aliphatic carbocycles. The van der Waals surface area contributed by atoms with Crippen molar-refractivity contribution in [1.82, 2.24) is 14.7 Å². The van der Waals surface area contributed by atoms with Crippen molar-refractivity contribution < 1.29 is 9.59 Å². The summed E-state index contributed by atoms with van der Waals surface area (Å²) in [6.07, 6.45) is 6.62. The monoisotopic (exact) mass is 233 g/mol. The topological polar surface area (TPSA) is 55.2 Å². The van der Waals surface area contributed by atoms with E-state index in [1.54, 1.807) is 21.9 Å². The number of carbonyl (C=O) groups excluding carboxylic acids is 2. The summed E-state index contributed by atoms with van der Waals surface area (Å²) in [7, 11) is 0. The lowest BCUT2D eigenvalue weighted by atomic mass is 10.2. The fourth-order valence-corrected chi connectivity index (χ4v) is 1.88. The lowest BCUT2D eigenvalue weighted by molar-refractivity contribution is -0.127. The van der Waals surface area contributed by atoms with Crippen molar-refractivity contribution in [1.29, 1.82) is 0 Å². The molecule has 0 radical (unpaired) electrons. The number of fused-ring (bicyclic) bond motifs is 1. The van der Waals surface area contributed by atoms with Crippen LogP contribution in [0.2, 0.25) is 0 Å². The molecular weight excluding hydrogens is 218 g/mol. The van der Waals surface area contributed by atoms with Crippen molar-refractivity contribution in [3.8, 4) is 0 Å². The van der Waals surface area contributed by atoms with Gasteiger partial charge in [-0.25, -0.2) is 0 Å². The van der Waals surface area contributed by atoms with Gasteiger partial charge in [0.05, 0.1) is 30.5 Å². The highest BCUT2D eigenvalue weighted by molar-refractivity contribution is 5.87. The van der Waals surface area contributed by atoms with E-state index < -0.39 is 0 Å². The summed E-state index contributed by atoms with van der Waals surface area (Å²) in [5, 5.41) is 4.11. The van der Waals surface area contributed by atoms with E-state index >= 15 is 0 Å². The zero-order chi connectivity index (χ0) is 12.3. The van der Waals surface area contributed by atoms with E-state index in [4.69, 9.17) is 0 Å². The Kier molecular flexibility index (Phi) is 3.37. The van der Waals surface area contributed by atoms with Crippen molar-refractivity contribution in [2.75, 3.05) is 6.54 Å². The first-order chi connectivity index (χ1) is 8.26. The smallest absolute Gasteiger partial charge is 0.246 e. The Hall–Kier alpha value is -1.91. The summed E-state index contributed by atoms with van der Waals surface area (Å²) in [6, 6.07) is 0. The molecule has 0 saturated carbocycles. The summed E-state index contributed by atoms with van der Waals surface area (Å²) in [5.41, 5.74) is 1.39.